The van der Waals surface area contributed by atoms with E-state index in [0.29, 0.717) is 28.6 Å². The fourth-order valence-electron chi connectivity index (χ4n) is 4.41. The summed E-state index contributed by atoms with van der Waals surface area (Å²) in [6.07, 6.45) is 6.21. The Hall–Kier alpha value is -2.93. The number of likely N-dealkylation sites (N-methyl/N-ethyl adjacent to an activating group) is 1. The Morgan fingerprint density at radius 2 is 1.91 bits per heavy atom. The molecule has 0 saturated heterocycles. The van der Waals surface area contributed by atoms with Crippen LogP contribution in [-0.4, -0.2) is 38.6 Å². The van der Waals surface area contributed by atoms with E-state index in [2.05, 4.69) is 12.2 Å². The van der Waals surface area contributed by atoms with E-state index in [1.807, 2.05) is 49.4 Å². The maximum Gasteiger partial charge on any atom is 0.264 e. The topological polar surface area (TPSA) is 67.9 Å². The minimum atomic E-state index is -0.107. The van der Waals surface area contributed by atoms with Crippen LogP contribution >= 0.6 is 11.8 Å². The van der Waals surface area contributed by atoms with Crippen molar-refractivity contribution in [2.24, 2.45) is 5.92 Å². The molecule has 1 heterocycles. The van der Waals surface area contributed by atoms with Crippen LogP contribution in [0.4, 0.5) is 5.69 Å². The first-order valence-electron chi connectivity index (χ1n) is 11.8. The van der Waals surface area contributed by atoms with Gasteiger partial charge in [-0.1, -0.05) is 24.8 Å². The van der Waals surface area contributed by atoms with Crippen LogP contribution in [0.5, 0.6) is 11.5 Å². The van der Waals surface area contributed by atoms with Crippen LogP contribution in [-0.2, 0) is 4.79 Å². The highest BCUT2D eigenvalue weighted by molar-refractivity contribution is 8.04. The van der Waals surface area contributed by atoms with Crippen molar-refractivity contribution in [2.75, 3.05) is 25.7 Å². The molecule has 4 rings (SSSR count). The van der Waals surface area contributed by atoms with Crippen molar-refractivity contribution in [3.63, 3.8) is 0 Å². The van der Waals surface area contributed by atoms with E-state index in [0.717, 1.165) is 47.7 Å². The standard InChI is InChI=1S/C27H32N2O4S/c1-5-33-22-12-8-18(14-23(22)32-4)15-25-27(31)29(3)21-16-19(9-13-24(21)34-25)26(30)28-20-10-6-17(2)7-11-20/h8-9,12-17,20H,5-7,10-11H2,1-4H3,(H,28,30). The molecule has 0 bridgehead atoms. The van der Waals surface area contributed by atoms with Crippen LogP contribution in [0.25, 0.3) is 6.08 Å². The van der Waals surface area contributed by atoms with Crippen molar-refractivity contribution in [3.05, 3.63) is 52.4 Å². The van der Waals surface area contributed by atoms with Gasteiger partial charge in [-0.3, -0.25) is 9.59 Å². The van der Waals surface area contributed by atoms with Crippen LogP contribution in [0, 0.1) is 5.92 Å². The van der Waals surface area contributed by atoms with Gasteiger partial charge < -0.3 is 19.7 Å². The summed E-state index contributed by atoms with van der Waals surface area (Å²) in [6.45, 7) is 4.74. The highest BCUT2D eigenvalue weighted by atomic mass is 32.2. The monoisotopic (exact) mass is 480 g/mol. The molecule has 1 aliphatic carbocycles. The van der Waals surface area contributed by atoms with Gasteiger partial charge in [-0.2, -0.15) is 0 Å². The molecule has 34 heavy (non-hydrogen) atoms. The van der Waals surface area contributed by atoms with Crippen LogP contribution in [0.15, 0.2) is 46.2 Å². The van der Waals surface area contributed by atoms with Gasteiger partial charge in [0.1, 0.15) is 0 Å². The molecule has 1 fully saturated rings. The lowest BCUT2D eigenvalue weighted by Gasteiger charge is -2.28. The lowest BCUT2D eigenvalue weighted by molar-refractivity contribution is -0.114. The Kier molecular flexibility index (Phi) is 7.51. The number of benzene rings is 2. The van der Waals surface area contributed by atoms with Crippen molar-refractivity contribution in [2.45, 2.75) is 50.5 Å². The predicted molar refractivity (Wildman–Crippen MR) is 137 cm³/mol. The summed E-state index contributed by atoms with van der Waals surface area (Å²) in [7, 11) is 3.35. The molecule has 2 aromatic carbocycles. The summed E-state index contributed by atoms with van der Waals surface area (Å²) < 4.78 is 11.0. The summed E-state index contributed by atoms with van der Waals surface area (Å²) >= 11 is 1.41. The van der Waals surface area contributed by atoms with Crippen molar-refractivity contribution >= 4 is 35.3 Å². The zero-order valence-corrected chi connectivity index (χ0v) is 21.0. The number of thioether (sulfide) groups is 1. The van der Waals surface area contributed by atoms with Crippen LogP contribution in [0.1, 0.15) is 55.5 Å². The lowest BCUT2D eigenvalue weighted by Crippen LogP contribution is -2.37. The average molecular weight is 481 g/mol. The summed E-state index contributed by atoms with van der Waals surface area (Å²) in [5, 5.41) is 3.17. The number of fused-ring (bicyclic) bond motifs is 1. The summed E-state index contributed by atoms with van der Waals surface area (Å²) in [5.74, 6) is 1.85. The Bertz CT molecular complexity index is 1110. The molecule has 0 unspecified atom stereocenters. The molecular weight excluding hydrogens is 448 g/mol. The Morgan fingerprint density at radius 1 is 1.15 bits per heavy atom. The van der Waals surface area contributed by atoms with Crippen molar-refractivity contribution in [1.82, 2.24) is 5.32 Å². The lowest BCUT2D eigenvalue weighted by atomic mass is 9.87. The van der Waals surface area contributed by atoms with Gasteiger partial charge in [0.05, 0.1) is 24.3 Å². The number of hydrogen-bond donors (Lipinski definition) is 1. The molecule has 1 saturated carbocycles. The third-order valence-corrected chi connectivity index (χ3v) is 7.53. The van der Waals surface area contributed by atoms with E-state index in [1.54, 1.807) is 19.1 Å². The van der Waals surface area contributed by atoms with Gasteiger partial charge in [-0.25, -0.2) is 0 Å². The average Bonchev–Trinajstić information content (AvgIpc) is 2.84. The zero-order valence-electron chi connectivity index (χ0n) is 20.2. The smallest absolute Gasteiger partial charge is 0.264 e. The molecule has 2 amide bonds. The maximum absolute atomic E-state index is 13.1. The number of carbonyl (C=O) groups excluding carboxylic acids is 2. The van der Waals surface area contributed by atoms with Crippen LogP contribution in [0.2, 0.25) is 0 Å². The molecule has 0 aromatic heterocycles. The van der Waals surface area contributed by atoms with Crippen LogP contribution < -0.4 is 19.7 Å². The second kappa shape index (κ2) is 10.6. The highest BCUT2D eigenvalue weighted by Gasteiger charge is 2.28. The molecule has 0 atom stereocenters. The SMILES string of the molecule is CCOc1ccc(C=C2Sc3ccc(C(=O)NC4CCC(C)CC4)cc3N(C)C2=O)cc1OC. The van der Waals surface area contributed by atoms with Crippen LogP contribution in [0.3, 0.4) is 0 Å². The minimum Gasteiger partial charge on any atom is -0.493 e. The summed E-state index contributed by atoms with van der Waals surface area (Å²) in [6, 6.07) is 11.4. The number of methoxy groups -OCH3 is 1. The molecule has 6 nitrogen and oxygen atoms in total. The first-order valence-corrected chi connectivity index (χ1v) is 12.6. The molecule has 7 heteroatoms. The molecule has 180 valence electrons. The van der Waals surface area contributed by atoms with Gasteiger partial charge in [-0.15, -0.1) is 0 Å². The first-order chi connectivity index (χ1) is 16.4. The van der Waals surface area contributed by atoms with Gasteiger partial charge in [0.15, 0.2) is 11.5 Å². The van der Waals surface area contributed by atoms with E-state index < -0.39 is 0 Å². The molecular formula is C27H32N2O4S. The fourth-order valence-corrected chi connectivity index (χ4v) is 5.50. The van der Waals surface area contributed by atoms with Gasteiger partial charge >= 0.3 is 0 Å². The predicted octanol–water partition coefficient (Wildman–Crippen LogP) is 5.51. The van der Waals surface area contributed by atoms with E-state index >= 15 is 0 Å². The number of ether oxygens (including phenoxy) is 2. The summed E-state index contributed by atoms with van der Waals surface area (Å²) in [4.78, 5) is 29.1. The Morgan fingerprint density at radius 3 is 2.62 bits per heavy atom. The van der Waals surface area contributed by atoms with Crippen molar-refractivity contribution < 1.29 is 19.1 Å². The summed E-state index contributed by atoms with van der Waals surface area (Å²) in [5.41, 5.74) is 2.19. The number of nitrogens with zero attached hydrogens (tertiary/aromatic N) is 1. The zero-order chi connectivity index (χ0) is 24.2. The number of anilines is 1. The first kappa shape index (κ1) is 24.2. The van der Waals surface area contributed by atoms with E-state index in [4.69, 9.17) is 9.47 Å². The van der Waals surface area contributed by atoms with E-state index in [1.165, 1.54) is 11.8 Å². The molecule has 1 aliphatic heterocycles. The normalized spacial score (nSPS) is 21.2. The number of hydrogen-bond acceptors (Lipinski definition) is 5. The molecule has 0 radical (unpaired) electrons. The van der Waals surface area contributed by atoms with E-state index in [-0.39, 0.29) is 17.9 Å². The fraction of sp³-hybridized carbons (Fsp3) is 0.407. The van der Waals surface area contributed by atoms with Gasteiger partial charge in [0.2, 0.25) is 0 Å². The quantitative estimate of drug-likeness (QED) is 0.552. The largest absolute Gasteiger partial charge is 0.493 e. The van der Waals surface area contributed by atoms with E-state index in [9.17, 15) is 9.59 Å². The second-order valence-corrected chi connectivity index (χ2v) is 10.0. The molecule has 0 spiro atoms. The third-order valence-electron chi connectivity index (χ3n) is 6.45. The Labute approximate surface area is 205 Å². The molecule has 1 N–H and O–H groups in total. The third kappa shape index (κ3) is 5.25. The van der Waals surface area contributed by atoms with Crippen molar-refractivity contribution in [3.8, 4) is 11.5 Å². The van der Waals surface area contributed by atoms with Gasteiger partial charge in [-0.05, 0) is 80.5 Å². The van der Waals surface area contributed by atoms with Gasteiger partial charge in [0.25, 0.3) is 11.8 Å². The number of amides is 2. The van der Waals surface area contributed by atoms with Crippen molar-refractivity contribution in [1.29, 1.82) is 0 Å². The molecule has 2 aromatic rings. The number of carbonyl (C=O) groups is 2. The second-order valence-electron chi connectivity index (χ2n) is 8.93. The highest BCUT2D eigenvalue weighted by Crippen LogP contribution is 2.42. The Balaban J connectivity index is 1.53. The minimum absolute atomic E-state index is 0.0731. The number of rotatable bonds is 6. The molecule has 2 aliphatic rings. The van der Waals surface area contributed by atoms with Gasteiger partial charge in [0, 0.05) is 23.5 Å². The maximum atomic E-state index is 13.1. The number of nitrogens with one attached hydrogen (secondary N) is 1.